The largest absolute Gasteiger partial charge is 0.352 e. The molecule has 1 aromatic carbocycles. The van der Waals surface area contributed by atoms with E-state index in [4.69, 9.17) is 0 Å². The fraction of sp³-hybridized carbons (Fsp3) is 0.222. The van der Waals surface area contributed by atoms with E-state index in [1.165, 1.54) is 0 Å². The number of sulfonamides is 1. The molecule has 0 amide bonds. The Balaban J connectivity index is 1.43. The number of anilines is 1. The van der Waals surface area contributed by atoms with Crippen molar-refractivity contribution in [2.24, 2.45) is 0 Å². The maximum atomic E-state index is 12.8. The van der Waals surface area contributed by atoms with E-state index in [1.54, 1.807) is 27.8 Å². The van der Waals surface area contributed by atoms with Crippen molar-refractivity contribution in [3.8, 4) is 10.6 Å². The van der Waals surface area contributed by atoms with Crippen molar-refractivity contribution in [2.75, 3.05) is 31.1 Å². The van der Waals surface area contributed by atoms with Crippen LogP contribution in [-0.4, -0.2) is 49.1 Å². The van der Waals surface area contributed by atoms with Gasteiger partial charge in [-0.25, -0.2) is 8.42 Å². The Morgan fingerprint density at radius 1 is 0.926 bits per heavy atom. The first-order valence-corrected chi connectivity index (χ1v) is 11.8. The second kappa shape index (κ2) is 7.82. The smallest absolute Gasteiger partial charge is 0.243 e. The monoisotopic (exact) mass is 512 g/mol. The molecule has 140 valence electrons. The molecule has 0 aliphatic carbocycles. The average Bonchev–Trinajstić information content (AvgIpc) is 3.23. The summed E-state index contributed by atoms with van der Waals surface area (Å²) in [6.45, 7) is 2.05. The van der Waals surface area contributed by atoms with Gasteiger partial charge in [-0.05, 0) is 70.4 Å². The minimum atomic E-state index is -3.45. The lowest BCUT2D eigenvalue weighted by Crippen LogP contribution is -2.49. The Bertz CT molecular complexity index is 999. The van der Waals surface area contributed by atoms with Gasteiger partial charge in [0, 0.05) is 29.7 Å². The Labute approximate surface area is 176 Å². The van der Waals surface area contributed by atoms with Crippen LogP contribution >= 0.6 is 33.9 Å². The fourth-order valence-electron chi connectivity index (χ4n) is 2.96. The van der Waals surface area contributed by atoms with Gasteiger partial charge in [0.05, 0.1) is 9.77 Å². The molecule has 0 atom stereocenters. The van der Waals surface area contributed by atoms with Gasteiger partial charge in [0.25, 0.3) is 0 Å². The van der Waals surface area contributed by atoms with Gasteiger partial charge in [0.1, 0.15) is 5.69 Å². The van der Waals surface area contributed by atoms with Crippen LogP contribution in [0.3, 0.4) is 0 Å². The van der Waals surface area contributed by atoms with Crippen LogP contribution in [0.1, 0.15) is 0 Å². The van der Waals surface area contributed by atoms with Crippen molar-refractivity contribution in [3.05, 3.63) is 57.5 Å². The summed E-state index contributed by atoms with van der Waals surface area (Å²) in [7, 11) is -3.45. The number of nitrogens with zero attached hydrogens (tertiary/aromatic N) is 4. The minimum Gasteiger partial charge on any atom is -0.352 e. The molecule has 6 nitrogen and oxygen atoms in total. The quantitative estimate of drug-likeness (QED) is 0.502. The molecule has 0 bridgehead atoms. The van der Waals surface area contributed by atoms with Gasteiger partial charge in [-0.3, -0.25) is 0 Å². The summed E-state index contributed by atoms with van der Waals surface area (Å²) in [4.78, 5) is 3.50. The lowest BCUT2D eigenvalue weighted by atomic mass is 10.3. The van der Waals surface area contributed by atoms with Crippen molar-refractivity contribution in [3.63, 3.8) is 0 Å². The third-order valence-corrected chi connectivity index (χ3v) is 7.96. The fourth-order valence-corrected chi connectivity index (χ4v) is 5.44. The number of piperazine rings is 1. The van der Waals surface area contributed by atoms with Crippen LogP contribution in [0.2, 0.25) is 0 Å². The van der Waals surface area contributed by atoms with E-state index < -0.39 is 10.0 Å². The second-order valence-electron chi connectivity index (χ2n) is 6.10. The second-order valence-corrected chi connectivity index (χ2v) is 10.2. The number of hydrogen-bond acceptors (Lipinski definition) is 6. The predicted octanol–water partition coefficient (Wildman–Crippen LogP) is 3.32. The van der Waals surface area contributed by atoms with E-state index in [0.717, 1.165) is 20.0 Å². The molecule has 0 unspecified atom stereocenters. The van der Waals surface area contributed by atoms with E-state index in [2.05, 4.69) is 37.7 Å². The predicted molar refractivity (Wildman–Crippen MR) is 115 cm³/mol. The molecule has 1 aliphatic heterocycles. The highest BCUT2D eigenvalue weighted by atomic mass is 127. The van der Waals surface area contributed by atoms with Crippen LogP contribution in [0, 0.1) is 3.57 Å². The molecular formula is C18H17IN4O2S2. The number of halogens is 1. The van der Waals surface area contributed by atoms with Crippen LogP contribution in [0.4, 0.5) is 5.82 Å². The molecule has 0 N–H and O–H groups in total. The highest BCUT2D eigenvalue weighted by molar-refractivity contribution is 14.1. The van der Waals surface area contributed by atoms with Crippen LogP contribution in [-0.2, 0) is 10.0 Å². The molecule has 1 saturated heterocycles. The Morgan fingerprint density at radius 3 is 2.26 bits per heavy atom. The first kappa shape index (κ1) is 18.8. The van der Waals surface area contributed by atoms with Gasteiger partial charge in [-0.1, -0.05) is 6.07 Å². The number of benzene rings is 1. The number of thiophene rings is 1. The third kappa shape index (κ3) is 4.00. The SMILES string of the molecule is O=S(=O)(c1ccc(I)cc1)N1CCN(c2ccc(-c3cccs3)nn2)CC1. The molecule has 27 heavy (non-hydrogen) atoms. The van der Waals surface area contributed by atoms with E-state index in [-0.39, 0.29) is 0 Å². The topological polar surface area (TPSA) is 66.4 Å². The van der Waals surface area contributed by atoms with Gasteiger partial charge < -0.3 is 4.90 Å². The van der Waals surface area contributed by atoms with E-state index in [1.807, 2.05) is 41.8 Å². The lowest BCUT2D eigenvalue weighted by molar-refractivity contribution is 0.383. The molecule has 2 aromatic heterocycles. The van der Waals surface area contributed by atoms with Gasteiger partial charge in [0.15, 0.2) is 5.82 Å². The standard InChI is InChI=1S/C18H17IN4O2S2/c19-14-3-5-15(6-4-14)27(24,25)23-11-9-22(10-12-23)18-8-7-16(20-21-18)17-2-1-13-26-17/h1-8,13H,9-12H2. The molecule has 3 heterocycles. The summed E-state index contributed by atoms with van der Waals surface area (Å²) in [5.41, 5.74) is 0.855. The van der Waals surface area contributed by atoms with Crippen molar-refractivity contribution in [1.29, 1.82) is 0 Å². The molecule has 0 radical (unpaired) electrons. The van der Waals surface area contributed by atoms with Crippen LogP contribution in [0.25, 0.3) is 10.6 Å². The Kier molecular flexibility index (Phi) is 5.44. The zero-order valence-electron chi connectivity index (χ0n) is 14.3. The molecule has 9 heteroatoms. The summed E-state index contributed by atoms with van der Waals surface area (Å²) in [6, 6.07) is 14.9. The normalized spacial score (nSPS) is 15.8. The van der Waals surface area contributed by atoms with E-state index >= 15 is 0 Å². The molecule has 4 rings (SSSR count). The zero-order chi connectivity index (χ0) is 18.9. The van der Waals surface area contributed by atoms with Gasteiger partial charge in [0.2, 0.25) is 10.0 Å². The van der Waals surface area contributed by atoms with E-state index in [9.17, 15) is 8.42 Å². The van der Waals surface area contributed by atoms with Crippen LogP contribution in [0.15, 0.2) is 58.8 Å². The number of rotatable bonds is 4. The van der Waals surface area contributed by atoms with Crippen molar-refractivity contribution < 1.29 is 8.42 Å². The van der Waals surface area contributed by atoms with Crippen molar-refractivity contribution in [1.82, 2.24) is 14.5 Å². The van der Waals surface area contributed by atoms with E-state index in [0.29, 0.717) is 31.1 Å². The highest BCUT2D eigenvalue weighted by Gasteiger charge is 2.29. The maximum Gasteiger partial charge on any atom is 0.243 e. The van der Waals surface area contributed by atoms with Gasteiger partial charge >= 0.3 is 0 Å². The lowest BCUT2D eigenvalue weighted by Gasteiger charge is -2.34. The van der Waals surface area contributed by atoms with Crippen LogP contribution in [0.5, 0.6) is 0 Å². The van der Waals surface area contributed by atoms with Crippen LogP contribution < -0.4 is 4.90 Å². The number of hydrogen-bond donors (Lipinski definition) is 0. The summed E-state index contributed by atoms with van der Waals surface area (Å²) in [5.74, 6) is 0.779. The third-order valence-electron chi connectivity index (χ3n) is 4.44. The molecule has 1 aliphatic rings. The van der Waals surface area contributed by atoms with Crippen molar-refractivity contribution in [2.45, 2.75) is 4.90 Å². The number of aromatic nitrogens is 2. The maximum absolute atomic E-state index is 12.8. The molecule has 1 fully saturated rings. The average molecular weight is 512 g/mol. The Morgan fingerprint density at radius 2 is 1.67 bits per heavy atom. The first-order chi connectivity index (χ1) is 13.0. The molecule has 0 saturated carbocycles. The van der Waals surface area contributed by atoms with Gasteiger partial charge in [-0.15, -0.1) is 21.5 Å². The zero-order valence-corrected chi connectivity index (χ0v) is 18.1. The van der Waals surface area contributed by atoms with Gasteiger partial charge in [-0.2, -0.15) is 4.31 Å². The summed E-state index contributed by atoms with van der Waals surface area (Å²) in [5, 5.41) is 10.6. The summed E-state index contributed by atoms with van der Waals surface area (Å²) < 4.78 is 28.1. The highest BCUT2D eigenvalue weighted by Crippen LogP contribution is 2.24. The first-order valence-electron chi connectivity index (χ1n) is 8.42. The van der Waals surface area contributed by atoms with Crippen molar-refractivity contribution >= 4 is 49.8 Å². The summed E-state index contributed by atoms with van der Waals surface area (Å²) in [6.07, 6.45) is 0. The Hall–Kier alpha value is -1.56. The summed E-state index contributed by atoms with van der Waals surface area (Å²) >= 11 is 3.80. The minimum absolute atomic E-state index is 0.344. The molecule has 3 aromatic rings. The molecular weight excluding hydrogens is 495 g/mol. The molecule has 0 spiro atoms.